The van der Waals surface area contributed by atoms with Gasteiger partial charge in [-0.05, 0) is 29.7 Å². The van der Waals surface area contributed by atoms with E-state index in [-0.39, 0.29) is 0 Å². The lowest BCUT2D eigenvalue weighted by molar-refractivity contribution is 0.0879. The molecule has 2 heterocycles. The van der Waals surface area contributed by atoms with Crippen molar-refractivity contribution in [2.75, 3.05) is 5.73 Å². The molecule has 1 aromatic heterocycles. The number of benzene rings is 2. The summed E-state index contributed by atoms with van der Waals surface area (Å²) in [6, 6.07) is 2.86. The minimum atomic E-state index is -5.25. The average Bonchev–Trinajstić information content (AvgIpc) is 2.97. The number of hydrogen-bond donors (Lipinski definition) is 5. The van der Waals surface area contributed by atoms with Crippen LogP contribution in [-0.4, -0.2) is 55.3 Å². The highest BCUT2D eigenvalue weighted by atomic mass is 32.2. The highest BCUT2D eigenvalue weighted by molar-refractivity contribution is 7.87. The van der Waals surface area contributed by atoms with Gasteiger partial charge in [-0.15, -0.1) is 0 Å². The van der Waals surface area contributed by atoms with Crippen molar-refractivity contribution in [3.05, 3.63) is 51.8 Å². The van der Waals surface area contributed by atoms with Gasteiger partial charge in [-0.3, -0.25) is 37.9 Å². The predicted octanol–water partition coefficient (Wildman–Crippen LogP) is -0.803. The lowest BCUT2D eigenvalue weighted by atomic mass is 10.1. The maximum atomic E-state index is 12.8. The molecule has 1 aliphatic heterocycles. The Morgan fingerprint density at radius 1 is 0.743 bits per heavy atom. The van der Waals surface area contributed by atoms with E-state index < -0.39 is 95.8 Å². The molecule has 3 aromatic rings. The van der Waals surface area contributed by atoms with Crippen molar-refractivity contribution < 1.29 is 48.5 Å². The number of anilines is 1. The average molecular weight is 545 g/mol. The first-order valence-electron chi connectivity index (χ1n) is 8.87. The number of carbonyl (C=O) groups is 2. The summed E-state index contributed by atoms with van der Waals surface area (Å²) in [7, 11) is -15.5. The van der Waals surface area contributed by atoms with Crippen LogP contribution in [0.15, 0.2) is 49.8 Å². The summed E-state index contributed by atoms with van der Waals surface area (Å²) in [5.41, 5.74) is 2.98. The Morgan fingerprint density at radius 2 is 1.34 bits per heavy atom. The van der Waals surface area contributed by atoms with E-state index in [0.29, 0.717) is 34.9 Å². The lowest BCUT2D eigenvalue weighted by Crippen LogP contribution is -2.25. The molecule has 184 valence electrons. The maximum Gasteiger partial charge on any atom is 0.296 e. The molecule has 15 nitrogen and oxygen atoms in total. The van der Waals surface area contributed by atoms with Gasteiger partial charge in [-0.25, -0.2) is 0 Å². The van der Waals surface area contributed by atoms with Gasteiger partial charge in [0.1, 0.15) is 15.6 Å². The second-order valence-electron chi connectivity index (χ2n) is 7.16. The van der Waals surface area contributed by atoms with Crippen molar-refractivity contribution in [2.24, 2.45) is 0 Å². The highest BCUT2D eigenvalue weighted by Crippen LogP contribution is 2.34. The number of nitrogens with zero attached hydrogens (tertiary/aromatic N) is 1. The van der Waals surface area contributed by atoms with Gasteiger partial charge in [-0.2, -0.15) is 25.3 Å². The van der Waals surface area contributed by atoms with Gasteiger partial charge in [0, 0.05) is 11.5 Å². The zero-order valence-corrected chi connectivity index (χ0v) is 19.1. The zero-order chi connectivity index (χ0) is 26.2. The lowest BCUT2D eigenvalue weighted by Gasteiger charge is -2.17. The third-order valence-corrected chi connectivity index (χ3v) is 7.62. The van der Waals surface area contributed by atoms with Crippen molar-refractivity contribution in [3.8, 4) is 5.69 Å². The van der Waals surface area contributed by atoms with Crippen LogP contribution in [0.2, 0.25) is 0 Å². The standard InChI is InChI=1S/C17H11N3O12S3/c18-15-14-9(16(22)19-17(14)23)5-13(21)20(15)10-4-8-6(2-12(10)35(30,31)32)1-7(33(24,25)26)3-11(8)34(27,28)29/h1-5H,18H2,(H,19,22,23)(H,24,25,26)(H,27,28,29)(H,30,31,32). The molecule has 0 bridgehead atoms. The first-order chi connectivity index (χ1) is 15.9. The quantitative estimate of drug-likeness (QED) is 0.199. The van der Waals surface area contributed by atoms with E-state index in [0.717, 1.165) is 0 Å². The van der Waals surface area contributed by atoms with Gasteiger partial charge in [0.15, 0.2) is 0 Å². The number of pyridine rings is 1. The molecule has 18 heteroatoms. The molecular formula is C17H11N3O12S3. The molecule has 6 N–H and O–H groups in total. The van der Waals surface area contributed by atoms with E-state index in [1.807, 2.05) is 5.32 Å². The molecule has 0 radical (unpaired) electrons. The Morgan fingerprint density at radius 3 is 1.89 bits per heavy atom. The largest absolute Gasteiger partial charge is 0.384 e. The predicted molar refractivity (Wildman–Crippen MR) is 115 cm³/mol. The van der Waals surface area contributed by atoms with E-state index in [4.69, 9.17) is 5.73 Å². The molecule has 0 saturated carbocycles. The highest BCUT2D eigenvalue weighted by Gasteiger charge is 2.33. The smallest absolute Gasteiger partial charge is 0.296 e. The normalized spacial score (nSPS) is 14.3. The summed E-state index contributed by atoms with van der Waals surface area (Å²) in [6.45, 7) is 0. The summed E-state index contributed by atoms with van der Waals surface area (Å²) in [6.07, 6.45) is 0. The number of nitrogens with one attached hydrogen (secondary N) is 1. The molecule has 35 heavy (non-hydrogen) atoms. The number of rotatable bonds is 4. The number of aromatic nitrogens is 1. The first kappa shape index (κ1) is 24.4. The Balaban J connectivity index is 2.25. The van der Waals surface area contributed by atoms with E-state index >= 15 is 0 Å². The Kier molecular flexibility index (Phi) is 5.17. The van der Waals surface area contributed by atoms with Crippen LogP contribution in [0.3, 0.4) is 0 Å². The fraction of sp³-hybridized carbons (Fsp3) is 0. The number of hydrogen-bond acceptors (Lipinski definition) is 10. The van der Waals surface area contributed by atoms with Crippen LogP contribution in [0, 0.1) is 0 Å². The van der Waals surface area contributed by atoms with Crippen LogP contribution >= 0.6 is 0 Å². The third-order valence-electron chi connectivity index (χ3n) is 5.02. The second kappa shape index (κ2) is 7.41. The molecule has 1 aliphatic rings. The topological polar surface area (TPSA) is 257 Å². The van der Waals surface area contributed by atoms with E-state index in [2.05, 4.69) is 0 Å². The van der Waals surface area contributed by atoms with Gasteiger partial charge in [0.25, 0.3) is 47.7 Å². The molecule has 0 atom stereocenters. The van der Waals surface area contributed by atoms with Crippen LogP contribution in [-0.2, 0) is 30.4 Å². The molecular weight excluding hydrogens is 534 g/mol. The summed E-state index contributed by atoms with van der Waals surface area (Å²) in [5, 5.41) is 0.798. The molecule has 4 rings (SSSR count). The number of carbonyl (C=O) groups excluding carboxylic acids is 2. The minimum absolute atomic E-state index is 0.366. The van der Waals surface area contributed by atoms with Crippen molar-refractivity contribution in [1.29, 1.82) is 0 Å². The molecule has 2 amide bonds. The van der Waals surface area contributed by atoms with Crippen molar-refractivity contribution in [3.63, 3.8) is 0 Å². The molecule has 2 aromatic carbocycles. The first-order valence-corrected chi connectivity index (χ1v) is 13.2. The maximum absolute atomic E-state index is 12.8. The summed E-state index contributed by atoms with van der Waals surface area (Å²) in [4.78, 5) is 33.5. The van der Waals surface area contributed by atoms with Crippen molar-refractivity contribution in [1.82, 2.24) is 9.88 Å². The van der Waals surface area contributed by atoms with Crippen LogP contribution in [0.5, 0.6) is 0 Å². The summed E-state index contributed by atoms with van der Waals surface area (Å²) in [5.74, 6) is -2.73. The molecule has 0 unspecified atom stereocenters. The Bertz CT molecular complexity index is 1910. The second-order valence-corrected chi connectivity index (χ2v) is 11.4. The van der Waals surface area contributed by atoms with E-state index in [9.17, 15) is 53.3 Å². The number of fused-ring (bicyclic) bond motifs is 2. The minimum Gasteiger partial charge on any atom is -0.384 e. The van der Waals surface area contributed by atoms with E-state index in [1.165, 1.54) is 0 Å². The molecule has 0 saturated heterocycles. The molecule has 0 fully saturated rings. The van der Waals surface area contributed by atoms with Crippen LogP contribution in [0.1, 0.15) is 20.7 Å². The fourth-order valence-electron chi connectivity index (χ4n) is 3.59. The van der Waals surface area contributed by atoms with Gasteiger partial charge >= 0.3 is 0 Å². The van der Waals surface area contributed by atoms with Gasteiger partial charge in [-0.1, -0.05) is 0 Å². The summed E-state index contributed by atoms with van der Waals surface area (Å²) < 4.78 is 100. The number of nitrogens with two attached hydrogens (primary N) is 1. The Labute approximate surface area is 195 Å². The molecule has 0 spiro atoms. The fourth-order valence-corrected chi connectivity index (χ4v) is 5.63. The SMILES string of the molecule is Nc1c2c(cc(=O)n1-c1cc3c(S(=O)(=O)O)cc(S(=O)(=O)O)cc3cc1S(=O)(=O)O)C(=O)NC2=O. The van der Waals surface area contributed by atoms with Gasteiger partial charge < -0.3 is 5.73 Å². The zero-order valence-electron chi connectivity index (χ0n) is 16.7. The number of nitrogen functional groups attached to an aromatic ring is 1. The van der Waals surface area contributed by atoms with Crippen LogP contribution in [0.4, 0.5) is 5.82 Å². The number of amides is 2. The third kappa shape index (κ3) is 3.96. The summed E-state index contributed by atoms with van der Waals surface area (Å²) >= 11 is 0. The number of imide groups is 1. The van der Waals surface area contributed by atoms with Crippen LogP contribution < -0.4 is 16.6 Å². The van der Waals surface area contributed by atoms with E-state index in [1.54, 1.807) is 0 Å². The van der Waals surface area contributed by atoms with Crippen molar-refractivity contribution in [2.45, 2.75) is 14.7 Å². The molecule has 0 aliphatic carbocycles. The van der Waals surface area contributed by atoms with Crippen LogP contribution in [0.25, 0.3) is 16.5 Å². The van der Waals surface area contributed by atoms with Gasteiger partial charge in [0.2, 0.25) is 0 Å². The monoisotopic (exact) mass is 545 g/mol. The van der Waals surface area contributed by atoms with Gasteiger partial charge in [0.05, 0.1) is 21.7 Å². The van der Waals surface area contributed by atoms with Crippen molar-refractivity contribution >= 4 is 58.8 Å². The Hall–Kier alpha value is -3.68.